The molecule has 9 heteroatoms. The Bertz CT molecular complexity index is 1650. The molecular formula is C75H133NO8. The number of aliphatic hydroxyl groups is 5. The molecule has 0 aromatic heterocycles. The van der Waals surface area contributed by atoms with Crippen molar-refractivity contribution in [2.45, 2.75) is 358 Å². The smallest absolute Gasteiger partial charge is 0.220 e. The number of nitrogens with one attached hydrogen (secondary N) is 1. The molecule has 1 aliphatic heterocycles. The summed E-state index contributed by atoms with van der Waals surface area (Å²) in [5, 5.41) is 54.7. The molecule has 9 nitrogen and oxygen atoms in total. The number of hydrogen-bond donors (Lipinski definition) is 6. The first-order chi connectivity index (χ1) is 41.3. The van der Waals surface area contributed by atoms with Gasteiger partial charge >= 0.3 is 0 Å². The van der Waals surface area contributed by atoms with Gasteiger partial charge in [0.1, 0.15) is 24.4 Å². The molecule has 0 aromatic rings. The number of ether oxygens (including phenoxy) is 2. The van der Waals surface area contributed by atoms with Gasteiger partial charge in [0.05, 0.1) is 25.4 Å². The molecule has 1 amide bonds. The van der Waals surface area contributed by atoms with Crippen LogP contribution in [0.3, 0.4) is 0 Å². The average Bonchev–Trinajstić information content (AvgIpc) is 3.70. The molecule has 0 aromatic carbocycles. The second-order valence-corrected chi connectivity index (χ2v) is 24.3. The summed E-state index contributed by atoms with van der Waals surface area (Å²) < 4.78 is 11.3. The highest BCUT2D eigenvalue weighted by Gasteiger charge is 2.44. The molecule has 1 aliphatic rings. The third-order valence-corrected chi connectivity index (χ3v) is 16.4. The van der Waals surface area contributed by atoms with Crippen LogP contribution < -0.4 is 5.32 Å². The quantitative estimate of drug-likeness (QED) is 0.0261. The molecule has 0 saturated carbocycles. The van der Waals surface area contributed by atoms with Crippen molar-refractivity contribution in [1.29, 1.82) is 0 Å². The number of rotatable bonds is 61. The van der Waals surface area contributed by atoms with E-state index in [1.807, 2.05) is 6.08 Å². The van der Waals surface area contributed by atoms with Gasteiger partial charge in [-0.1, -0.05) is 317 Å². The normalized spacial score (nSPS) is 18.8. The Morgan fingerprint density at radius 3 is 1.14 bits per heavy atom. The maximum absolute atomic E-state index is 13.1. The molecule has 84 heavy (non-hydrogen) atoms. The molecular weight excluding hydrogens is 1040 g/mol. The van der Waals surface area contributed by atoms with Crippen LogP contribution in [0.5, 0.6) is 0 Å². The van der Waals surface area contributed by atoms with Crippen LogP contribution in [-0.4, -0.2) is 87.5 Å². The number of unbranched alkanes of at least 4 members (excludes halogenated alkanes) is 37. The van der Waals surface area contributed by atoms with E-state index in [1.54, 1.807) is 6.08 Å². The van der Waals surface area contributed by atoms with Crippen molar-refractivity contribution in [3.63, 3.8) is 0 Å². The Morgan fingerprint density at radius 1 is 0.417 bits per heavy atom. The number of allylic oxidation sites excluding steroid dienone is 15. The van der Waals surface area contributed by atoms with E-state index in [4.69, 9.17) is 9.47 Å². The highest BCUT2D eigenvalue weighted by molar-refractivity contribution is 5.76. The largest absolute Gasteiger partial charge is 0.394 e. The van der Waals surface area contributed by atoms with Gasteiger partial charge in [0.15, 0.2) is 6.29 Å². The summed E-state index contributed by atoms with van der Waals surface area (Å²) in [5.74, 6) is -0.191. The molecule has 486 valence electrons. The number of hydrogen-bond acceptors (Lipinski definition) is 8. The van der Waals surface area contributed by atoms with Crippen LogP contribution in [0.15, 0.2) is 97.2 Å². The Labute approximate surface area is 517 Å². The maximum atomic E-state index is 13.1. The van der Waals surface area contributed by atoms with Crippen molar-refractivity contribution >= 4 is 5.91 Å². The monoisotopic (exact) mass is 1180 g/mol. The highest BCUT2D eigenvalue weighted by Crippen LogP contribution is 2.23. The minimum atomic E-state index is -1.58. The first-order valence-electron chi connectivity index (χ1n) is 35.5. The zero-order valence-corrected chi connectivity index (χ0v) is 54.4. The first kappa shape index (κ1) is 79.1. The molecule has 6 N–H and O–H groups in total. The van der Waals surface area contributed by atoms with Crippen molar-refractivity contribution in [3.8, 4) is 0 Å². The summed E-state index contributed by atoms with van der Waals surface area (Å²) >= 11 is 0. The third-order valence-electron chi connectivity index (χ3n) is 16.4. The van der Waals surface area contributed by atoms with Gasteiger partial charge in [-0.25, -0.2) is 0 Å². The number of amides is 1. The van der Waals surface area contributed by atoms with Gasteiger partial charge in [0, 0.05) is 6.42 Å². The first-order valence-corrected chi connectivity index (χ1v) is 35.5. The van der Waals surface area contributed by atoms with Gasteiger partial charge in [-0.15, -0.1) is 0 Å². The van der Waals surface area contributed by atoms with Crippen molar-refractivity contribution in [2.75, 3.05) is 13.2 Å². The summed E-state index contributed by atoms with van der Waals surface area (Å²) in [5.41, 5.74) is 0. The van der Waals surface area contributed by atoms with Crippen LogP contribution >= 0.6 is 0 Å². The number of aliphatic hydroxyl groups excluding tert-OH is 5. The van der Waals surface area contributed by atoms with E-state index in [0.29, 0.717) is 6.42 Å². The van der Waals surface area contributed by atoms with Gasteiger partial charge in [-0.3, -0.25) is 4.79 Å². The molecule has 7 atom stereocenters. The lowest BCUT2D eigenvalue weighted by molar-refractivity contribution is -0.302. The molecule has 0 bridgehead atoms. The molecule has 0 aliphatic carbocycles. The standard InChI is InChI=1S/C75H133NO8/c1-3-5-7-9-11-13-15-17-19-21-23-25-27-29-31-33-35-37-39-41-43-45-47-49-51-53-55-57-59-61-63-65-71(79)76-68(67-83-75-74(82)73(81)72(80)70(66-77)84-75)69(78)64-62-60-58-56-54-52-50-48-46-44-42-40-38-36-34-32-30-28-26-24-22-20-18-16-14-12-10-8-6-4-2/h5,7,11,13,17,19,23,25,29,31,46,48,54,56,62,64,68-70,72-75,77-78,80-82H,3-4,6,8-10,12,14-16,18,20-22,24,26-28,30,32-45,47,49-53,55,57-61,63,65-67H2,1-2H3,(H,76,79)/b7-5-,13-11-,19-17-,25-23-,31-29-,48-46+,56-54+,64-62+. The van der Waals surface area contributed by atoms with E-state index < -0.39 is 49.5 Å². The van der Waals surface area contributed by atoms with Crippen LogP contribution in [0.25, 0.3) is 0 Å². The molecule has 1 heterocycles. The Morgan fingerprint density at radius 2 is 0.750 bits per heavy atom. The lowest BCUT2D eigenvalue weighted by Gasteiger charge is -2.40. The number of carbonyl (C=O) groups is 1. The van der Waals surface area contributed by atoms with Crippen LogP contribution in [-0.2, 0) is 14.3 Å². The molecule has 0 radical (unpaired) electrons. The fourth-order valence-electron chi connectivity index (χ4n) is 10.9. The summed E-state index contributed by atoms with van der Waals surface area (Å²) in [4.78, 5) is 13.1. The molecule has 0 spiro atoms. The van der Waals surface area contributed by atoms with Gasteiger partial charge in [-0.05, 0) is 89.9 Å². The van der Waals surface area contributed by atoms with E-state index >= 15 is 0 Å². The van der Waals surface area contributed by atoms with Gasteiger partial charge in [-0.2, -0.15) is 0 Å². The predicted molar refractivity (Wildman–Crippen MR) is 359 cm³/mol. The second kappa shape index (κ2) is 63.1. The van der Waals surface area contributed by atoms with E-state index in [1.165, 1.54) is 218 Å². The van der Waals surface area contributed by atoms with Gasteiger partial charge < -0.3 is 40.3 Å². The Kier molecular flexibility index (Phi) is 59.5. The maximum Gasteiger partial charge on any atom is 0.220 e. The minimum absolute atomic E-state index is 0.191. The van der Waals surface area contributed by atoms with E-state index in [-0.39, 0.29) is 12.5 Å². The zero-order valence-electron chi connectivity index (χ0n) is 54.4. The van der Waals surface area contributed by atoms with Gasteiger partial charge in [0.25, 0.3) is 0 Å². The lowest BCUT2D eigenvalue weighted by Crippen LogP contribution is -2.60. The summed E-state index contributed by atoms with van der Waals surface area (Å²) in [6.07, 6.45) is 85.2. The molecule has 1 rings (SSSR count). The van der Waals surface area contributed by atoms with Crippen molar-refractivity contribution < 1.29 is 39.8 Å². The minimum Gasteiger partial charge on any atom is -0.394 e. The van der Waals surface area contributed by atoms with E-state index in [9.17, 15) is 30.3 Å². The van der Waals surface area contributed by atoms with E-state index in [0.717, 1.165) is 77.0 Å². The molecule has 1 fully saturated rings. The fraction of sp³-hybridized carbons (Fsp3) is 0.773. The fourth-order valence-corrected chi connectivity index (χ4v) is 10.9. The highest BCUT2D eigenvalue weighted by atomic mass is 16.7. The van der Waals surface area contributed by atoms with Crippen LogP contribution in [0.1, 0.15) is 316 Å². The molecule has 7 unspecified atom stereocenters. The Hall–Kier alpha value is -2.89. The van der Waals surface area contributed by atoms with Crippen LogP contribution in [0.2, 0.25) is 0 Å². The Balaban J connectivity index is 2.17. The van der Waals surface area contributed by atoms with Gasteiger partial charge in [0.2, 0.25) is 5.91 Å². The van der Waals surface area contributed by atoms with Crippen LogP contribution in [0, 0.1) is 0 Å². The summed E-state index contributed by atoms with van der Waals surface area (Å²) in [6, 6.07) is -0.835. The SMILES string of the molecule is CC/C=C\C/C=C\C/C=C\C/C=C\C/C=C\CCCCCCCCCCCCCCCCCC(=O)NC(COC1OC(CO)C(O)C(O)C1O)C(O)/C=C/CC/C=C/CC/C=C/CCCCCCCCCCCCCCCCCCCCCC. The summed E-state index contributed by atoms with van der Waals surface area (Å²) in [7, 11) is 0. The number of carbonyl (C=O) groups excluding carboxylic acids is 1. The third kappa shape index (κ3) is 51.2. The average molecular weight is 1180 g/mol. The predicted octanol–water partition coefficient (Wildman–Crippen LogP) is 19.5. The lowest BCUT2D eigenvalue weighted by atomic mass is 9.99. The van der Waals surface area contributed by atoms with Crippen molar-refractivity contribution in [1.82, 2.24) is 5.32 Å². The zero-order chi connectivity index (χ0) is 60.7. The topological polar surface area (TPSA) is 149 Å². The van der Waals surface area contributed by atoms with Crippen LogP contribution in [0.4, 0.5) is 0 Å². The summed E-state index contributed by atoms with van der Waals surface area (Å²) in [6.45, 7) is 3.68. The molecule has 1 saturated heterocycles. The van der Waals surface area contributed by atoms with E-state index in [2.05, 4.69) is 104 Å². The second-order valence-electron chi connectivity index (χ2n) is 24.3. The van der Waals surface area contributed by atoms with Crippen molar-refractivity contribution in [3.05, 3.63) is 97.2 Å². The van der Waals surface area contributed by atoms with Crippen molar-refractivity contribution in [2.24, 2.45) is 0 Å².